The van der Waals surface area contributed by atoms with E-state index < -0.39 is 18.4 Å². The van der Waals surface area contributed by atoms with Crippen LogP contribution in [0.15, 0.2) is 0 Å². The summed E-state index contributed by atoms with van der Waals surface area (Å²) in [6.07, 6.45) is 0.728. The van der Waals surface area contributed by atoms with Gasteiger partial charge < -0.3 is 4.90 Å². The summed E-state index contributed by atoms with van der Waals surface area (Å²) in [5, 5.41) is 5.34. The molecule has 7 nitrogen and oxygen atoms in total. The molecule has 0 atom stereocenters. The average Bonchev–Trinajstić information content (AvgIpc) is 2.33. The molecule has 0 bridgehead atoms. The molecule has 0 spiro atoms. The van der Waals surface area contributed by atoms with Crippen molar-refractivity contribution in [2.75, 3.05) is 0 Å². The van der Waals surface area contributed by atoms with Gasteiger partial charge in [-0.05, 0) is 26.7 Å². The van der Waals surface area contributed by atoms with Crippen LogP contribution in [0.5, 0.6) is 0 Å². The lowest BCUT2D eigenvalue weighted by Crippen LogP contribution is -2.71. The lowest BCUT2D eigenvalue weighted by molar-refractivity contribution is -0.135. The quantitative estimate of drug-likeness (QED) is 0.801. The van der Waals surface area contributed by atoms with Gasteiger partial charge in [0.15, 0.2) is 6.29 Å². The first-order valence-corrected chi connectivity index (χ1v) is 7.02. The maximum absolute atomic E-state index is 12.0. The first-order valence-electron chi connectivity index (χ1n) is 7.02. The van der Waals surface area contributed by atoms with Crippen molar-refractivity contribution in [2.45, 2.75) is 65.8 Å². The number of nitrogens with one attached hydrogen (secondary N) is 2. The van der Waals surface area contributed by atoms with Gasteiger partial charge in [0.1, 0.15) is 0 Å². The van der Waals surface area contributed by atoms with E-state index in [1.807, 2.05) is 13.8 Å². The first kappa shape index (κ1) is 16.3. The van der Waals surface area contributed by atoms with Crippen LogP contribution in [0.25, 0.3) is 0 Å². The maximum atomic E-state index is 12.0. The fourth-order valence-electron chi connectivity index (χ4n) is 2.44. The topological polar surface area (TPSA) is 81.8 Å². The van der Waals surface area contributed by atoms with Gasteiger partial charge in [-0.25, -0.2) is 14.5 Å². The molecule has 0 aromatic rings. The molecular weight excluding hydrogens is 260 g/mol. The average molecular weight is 284 g/mol. The molecule has 0 radical (unpaired) electrons. The van der Waals surface area contributed by atoms with Crippen molar-refractivity contribution in [1.82, 2.24) is 20.4 Å². The summed E-state index contributed by atoms with van der Waals surface area (Å²) in [6, 6.07) is -1.23. The molecule has 1 heterocycles. The van der Waals surface area contributed by atoms with E-state index in [-0.39, 0.29) is 18.0 Å². The number of amides is 5. The minimum absolute atomic E-state index is 0.0244. The molecule has 1 saturated heterocycles. The van der Waals surface area contributed by atoms with Crippen LogP contribution in [0, 0.1) is 0 Å². The molecule has 5 amide bonds. The summed E-state index contributed by atoms with van der Waals surface area (Å²) in [5.74, 6) is -0.178. The van der Waals surface area contributed by atoms with E-state index >= 15 is 0 Å². The molecule has 1 aliphatic heterocycles. The number of hydrogen-bond acceptors (Lipinski definition) is 3. The number of imide groups is 1. The van der Waals surface area contributed by atoms with E-state index in [2.05, 4.69) is 10.6 Å². The second kappa shape index (κ2) is 6.58. The molecule has 20 heavy (non-hydrogen) atoms. The van der Waals surface area contributed by atoms with Gasteiger partial charge in [-0.2, -0.15) is 0 Å². The van der Waals surface area contributed by atoms with Crippen LogP contribution in [0.4, 0.5) is 9.59 Å². The highest BCUT2D eigenvalue weighted by Crippen LogP contribution is 2.14. The fraction of sp³-hybridized carbons (Fsp3) is 0.769. The number of hydrogen-bond donors (Lipinski definition) is 2. The zero-order valence-corrected chi connectivity index (χ0v) is 12.8. The zero-order chi connectivity index (χ0) is 15.4. The molecular formula is C13H24N4O3. The first-order chi connectivity index (χ1) is 9.33. The van der Waals surface area contributed by atoms with E-state index in [9.17, 15) is 14.4 Å². The Morgan fingerprint density at radius 3 is 1.95 bits per heavy atom. The third-order valence-corrected chi connectivity index (χ3v) is 3.45. The van der Waals surface area contributed by atoms with Gasteiger partial charge in [-0.1, -0.05) is 13.8 Å². The second-order valence-corrected chi connectivity index (χ2v) is 5.16. The smallest absolute Gasteiger partial charge is 0.302 e. The van der Waals surface area contributed by atoms with Crippen LogP contribution in [0.2, 0.25) is 0 Å². The molecule has 114 valence electrons. The van der Waals surface area contributed by atoms with Crippen molar-refractivity contribution in [2.24, 2.45) is 0 Å². The number of urea groups is 2. The van der Waals surface area contributed by atoms with Crippen molar-refractivity contribution in [1.29, 1.82) is 0 Å². The minimum Gasteiger partial charge on any atom is -0.302 e. The summed E-state index contributed by atoms with van der Waals surface area (Å²) in [4.78, 5) is 38.5. The molecule has 0 aliphatic carbocycles. The van der Waals surface area contributed by atoms with E-state index in [4.69, 9.17) is 0 Å². The summed E-state index contributed by atoms with van der Waals surface area (Å²) in [5.41, 5.74) is 0. The Hall–Kier alpha value is -1.79. The number of carbonyl (C=O) groups excluding carboxylic acids is 3. The lowest BCUT2D eigenvalue weighted by Gasteiger charge is -2.42. The van der Waals surface area contributed by atoms with Gasteiger partial charge in [0, 0.05) is 19.0 Å². The number of carbonyl (C=O) groups is 3. The van der Waals surface area contributed by atoms with Gasteiger partial charge in [0.2, 0.25) is 5.91 Å². The Labute approximate surface area is 119 Å². The van der Waals surface area contributed by atoms with Crippen LogP contribution in [-0.4, -0.2) is 46.1 Å². The van der Waals surface area contributed by atoms with E-state index in [1.54, 1.807) is 13.8 Å². The highest BCUT2D eigenvalue weighted by molar-refractivity contribution is 5.96. The van der Waals surface area contributed by atoms with Gasteiger partial charge in [0.05, 0.1) is 0 Å². The SMILES string of the molecule is CCC(CC)N(C(C)=O)C1NC(=O)N(C(C)C)C(=O)N1. The normalized spacial score (nSPS) is 16.4. The predicted molar refractivity (Wildman–Crippen MR) is 74.7 cm³/mol. The van der Waals surface area contributed by atoms with Crippen molar-refractivity contribution < 1.29 is 14.4 Å². The van der Waals surface area contributed by atoms with Gasteiger partial charge in [0.25, 0.3) is 0 Å². The molecule has 7 heteroatoms. The molecule has 0 saturated carbocycles. The number of nitrogens with zero attached hydrogens (tertiary/aromatic N) is 2. The summed E-state index contributed by atoms with van der Waals surface area (Å²) < 4.78 is 0. The second-order valence-electron chi connectivity index (χ2n) is 5.16. The van der Waals surface area contributed by atoms with Gasteiger partial charge in [-0.3, -0.25) is 15.4 Å². The zero-order valence-electron chi connectivity index (χ0n) is 12.8. The van der Waals surface area contributed by atoms with E-state index in [0.29, 0.717) is 0 Å². The Kier molecular flexibility index (Phi) is 5.35. The van der Waals surface area contributed by atoms with Crippen molar-refractivity contribution in [3.8, 4) is 0 Å². The molecule has 0 unspecified atom stereocenters. The standard InChI is InChI=1S/C13H24N4O3/c1-6-10(7-2)17(9(5)18)11-14-12(19)16(8(3)4)13(20)15-11/h8,10-11H,6-7H2,1-5H3,(H,14,19)(H,15,20). The Morgan fingerprint density at radius 2 is 1.65 bits per heavy atom. The molecule has 0 aromatic heterocycles. The number of rotatable bonds is 5. The Morgan fingerprint density at radius 1 is 1.20 bits per heavy atom. The van der Waals surface area contributed by atoms with Gasteiger partial charge >= 0.3 is 12.1 Å². The Bertz CT molecular complexity index is 375. The van der Waals surface area contributed by atoms with Crippen molar-refractivity contribution in [3.05, 3.63) is 0 Å². The fourth-order valence-corrected chi connectivity index (χ4v) is 2.44. The highest BCUT2D eigenvalue weighted by atomic mass is 16.2. The van der Waals surface area contributed by atoms with Crippen LogP contribution in [0.3, 0.4) is 0 Å². The molecule has 0 aromatic carbocycles. The predicted octanol–water partition coefficient (Wildman–Crippen LogP) is 1.45. The molecule has 2 N–H and O–H groups in total. The highest BCUT2D eigenvalue weighted by Gasteiger charge is 2.38. The minimum atomic E-state index is -0.785. The van der Waals surface area contributed by atoms with Crippen LogP contribution in [0.1, 0.15) is 47.5 Å². The molecule has 1 rings (SSSR count). The summed E-state index contributed by atoms with van der Waals surface area (Å²) in [6.45, 7) is 8.88. The van der Waals surface area contributed by atoms with Crippen molar-refractivity contribution in [3.63, 3.8) is 0 Å². The van der Waals surface area contributed by atoms with E-state index in [0.717, 1.165) is 17.7 Å². The van der Waals surface area contributed by atoms with E-state index in [1.165, 1.54) is 11.8 Å². The largest absolute Gasteiger partial charge is 0.328 e. The van der Waals surface area contributed by atoms with Gasteiger partial charge in [-0.15, -0.1) is 0 Å². The third kappa shape index (κ3) is 3.20. The van der Waals surface area contributed by atoms with Crippen LogP contribution >= 0.6 is 0 Å². The molecule has 1 fully saturated rings. The monoisotopic (exact) mass is 284 g/mol. The Balaban J connectivity index is 2.94. The molecule has 1 aliphatic rings. The third-order valence-electron chi connectivity index (χ3n) is 3.45. The lowest BCUT2D eigenvalue weighted by atomic mass is 10.1. The van der Waals surface area contributed by atoms with Crippen molar-refractivity contribution >= 4 is 18.0 Å². The summed E-state index contributed by atoms with van der Waals surface area (Å²) in [7, 11) is 0. The maximum Gasteiger partial charge on any atom is 0.328 e. The van der Waals surface area contributed by atoms with Crippen LogP contribution < -0.4 is 10.6 Å². The summed E-state index contributed by atoms with van der Waals surface area (Å²) >= 11 is 0. The van der Waals surface area contributed by atoms with Crippen LogP contribution in [-0.2, 0) is 4.79 Å².